The topological polar surface area (TPSA) is 6.48 Å². The highest BCUT2D eigenvalue weighted by Crippen LogP contribution is 2.42. The molecule has 0 aliphatic rings. The molecule has 256 valence electrons. The number of benzene rings is 5. The molecule has 5 aromatic carbocycles. The first-order chi connectivity index (χ1) is 22.7. The van der Waals surface area contributed by atoms with E-state index >= 15 is 4.39 Å². The summed E-state index contributed by atoms with van der Waals surface area (Å²) in [4.78, 5) is 4.32. The van der Waals surface area contributed by atoms with Crippen LogP contribution in [0.1, 0.15) is 105 Å². The van der Waals surface area contributed by atoms with Crippen molar-refractivity contribution in [3.63, 3.8) is 0 Å². The van der Waals surface area contributed by atoms with Gasteiger partial charge in [0.1, 0.15) is 5.82 Å². The second-order valence-electron chi connectivity index (χ2n) is 17.5. The Hall–Kier alpha value is -4.37. The molecule has 0 fully saturated rings. The van der Waals surface area contributed by atoms with Crippen molar-refractivity contribution in [3.05, 3.63) is 143 Å². The van der Waals surface area contributed by atoms with Crippen LogP contribution in [0.3, 0.4) is 0 Å². The van der Waals surface area contributed by atoms with Gasteiger partial charge in [0, 0.05) is 22.7 Å². The summed E-state index contributed by atoms with van der Waals surface area (Å²) in [6.45, 7) is 26.7. The largest absolute Gasteiger partial charge is 0.310 e. The molecule has 0 heterocycles. The zero-order valence-corrected chi connectivity index (χ0v) is 31.7. The molecule has 0 saturated carbocycles. The van der Waals surface area contributed by atoms with E-state index in [-0.39, 0.29) is 27.5 Å². The molecule has 0 N–H and O–H groups in total. The molecule has 3 heteroatoms. The van der Waals surface area contributed by atoms with Crippen LogP contribution < -0.4 is 9.80 Å². The highest BCUT2D eigenvalue weighted by Gasteiger charge is 2.23. The van der Waals surface area contributed by atoms with Gasteiger partial charge in [-0.05, 0) is 111 Å². The summed E-state index contributed by atoms with van der Waals surface area (Å²) < 4.78 is 16.0. The van der Waals surface area contributed by atoms with Gasteiger partial charge in [0.2, 0.25) is 0 Å². The normalized spacial score (nSPS) is 12.6. The first kappa shape index (κ1) is 35.9. The average Bonchev–Trinajstić information content (AvgIpc) is 3.00. The summed E-state index contributed by atoms with van der Waals surface area (Å²) in [5, 5.41) is 0. The Balaban J connectivity index is 1.70. The third-order valence-corrected chi connectivity index (χ3v) is 9.35. The van der Waals surface area contributed by atoms with Crippen molar-refractivity contribution in [2.24, 2.45) is 0 Å². The SMILES string of the molecule is CC(C)(C)c1ccc(N(c2ccc(C(C)(C)C)cc2)c2cc(F)cc(N(c3ccc(C(C)(C)C)cc3)c3ccc(C(C)(C)C)cc3)c2)cc1. The lowest BCUT2D eigenvalue weighted by molar-refractivity contribution is 0.590. The quantitative estimate of drug-likeness (QED) is 0.180. The second kappa shape index (κ2) is 13.2. The Bertz CT molecular complexity index is 1600. The van der Waals surface area contributed by atoms with Crippen molar-refractivity contribution in [1.82, 2.24) is 0 Å². The van der Waals surface area contributed by atoms with Gasteiger partial charge in [-0.2, -0.15) is 0 Å². The number of anilines is 6. The van der Waals surface area contributed by atoms with Crippen LogP contribution in [0, 0.1) is 5.82 Å². The molecule has 5 rings (SSSR count). The lowest BCUT2D eigenvalue weighted by Crippen LogP contribution is -2.16. The van der Waals surface area contributed by atoms with Crippen LogP contribution in [0.25, 0.3) is 0 Å². The number of hydrogen-bond donors (Lipinski definition) is 0. The zero-order chi connectivity index (χ0) is 35.9. The summed E-state index contributed by atoms with van der Waals surface area (Å²) in [7, 11) is 0. The van der Waals surface area contributed by atoms with Crippen LogP contribution >= 0.6 is 0 Å². The van der Waals surface area contributed by atoms with E-state index in [4.69, 9.17) is 0 Å². The molecule has 49 heavy (non-hydrogen) atoms. The maximum Gasteiger partial charge on any atom is 0.127 e. The Morgan fingerprint density at radius 3 is 0.694 bits per heavy atom. The molecular formula is C46H55FN2. The molecule has 0 aromatic heterocycles. The fraction of sp³-hybridized carbons (Fsp3) is 0.348. The molecule has 0 atom stereocenters. The summed E-state index contributed by atoms with van der Waals surface area (Å²) >= 11 is 0. The smallest absolute Gasteiger partial charge is 0.127 e. The Morgan fingerprint density at radius 2 is 0.510 bits per heavy atom. The molecule has 2 nitrogen and oxygen atoms in total. The Kier molecular flexibility index (Phi) is 9.65. The molecule has 0 aliphatic carbocycles. The minimum atomic E-state index is -0.294. The van der Waals surface area contributed by atoms with E-state index in [1.54, 1.807) is 12.1 Å². The van der Waals surface area contributed by atoms with Gasteiger partial charge in [0.25, 0.3) is 0 Å². The molecule has 0 bridgehead atoms. The minimum absolute atomic E-state index is 0.0231. The summed E-state index contributed by atoms with van der Waals surface area (Å²) in [5.41, 5.74) is 10.5. The average molecular weight is 655 g/mol. The van der Waals surface area contributed by atoms with Crippen LogP contribution in [0.15, 0.2) is 115 Å². The maximum absolute atomic E-state index is 16.0. The number of rotatable bonds is 6. The fourth-order valence-electron chi connectivity index (χ4n) is 6.15. The highest BCUT2D eigenvalue weighted by atomic mass is 19.1. The zero-order valence-electron chi connectivity index (χ0n) is 31.7. The lowest BCUT2D eigenvalue weighted by Gasteiger charge is -2.31. The van der Waals surface area contributed by atoms with Crippen LogP contribution in [0.2, 0.25) is 0 Å². The van der Waals surface area contributed by atoms with Crippen LogP contribution in [-0.2, 0) is 21.7 Å². The van der Waals surface area contributed by atoms with Crippen molar-refractivity contribution in [3.8, 4) is 0 Å². The lowest BCUT2D eigenvalue weighted by atomic mass is 9.86. The third kappa shape index (κ3) is 8.27. The standard InChI is InChI=1S/C46H55FN2/c1-43(2,3)32-13-21-37(22-14-32)48(38-23-15-33(16-24-38)44(4,5)6)41-29-36(47)30-42(31-41)49(39-25-17-34(18-26-39)45(7,8)9)40-27-19-35(20-28-40)46(10,11)12/h13-31H,1-12H3. The van der Waals surface area contributed by atoms with Crippen molar-refractivity contribution < 1.29 is 4.39 Å². The van der Waals surface area contributed by atoms with Gasteiger partial charge in [-0.25, -0.2) is 4.39 Å². The predicted molar refractivity (Wildman–Crippen MR) is 211 cm³/mol. The number of halogens is 1. The van der Waals surface area contributed by atoms with Crippen LogP contribution in [0.4, 0.5) is 38.5 Å². The van der Waals surface area contributed by atoms with Gasteiger partial charge in [0.15, 0.2) is 0 Å². The molecule has 0 radical (unpaired) electrons. The van der Waals surface area contributed by atoms with Crippen LogP contribution in [-0.4, -0.2) is 0 Å². The van der Waals surface area contributed by atoms with Gasteiger partial charge in [-0.1, -0.05) is 132 Å². The maximum atomic E-state index is 16.0. The molecular weight excluding hydrogens is 600 g/mol. The number of nitrogens with zero attached hydrogens (tertiary/aromatic N) is 2. The monoisotopic (exact) mass is 654 g/mol. The van der Waals surface area contributed by atoms with Crippen molar-refractivity contribution in [2.75, 3.05) is 9.80 Å². The summed E-state index contributed by atoms with van der Waals surface area (Å²) in [6.07, 6.45) is 0. The predicted octanol–water partition coefficient (Wildman–Crippen LogP) is 14.0. The van der Waals surface area contributed by atoms with E-state index < -0.39 is 0 Å². The van der Waals surface area contributed by atoms with E-state index in [0.717, 1.165) is 34.1 Å². The van der Waals surface area contributed by atoms with Gasteiger partial charge >= 0.3 is 0 Å². The van der Waals surface area contributed by atoms with E-state index in [9.17, 15) is 0 Å². The van der Waals surface area contributed by atoms with Crippen LogP contribution in [0.5, 0.6) is 0 Å². The molecule has 0 aliphatic heterocycles. The van der Waals surface area contributed by atoms with E-state index in [2.05, 4.69) is 196 Å². The fourth-order valence-corrected chi connectivity index (χ4v) is 6.15. The van der Waals surface area contributed by atoms with Gasteiger partial charge in [-0.3, -0.25) is 0 Å². The van der Waals surface area contributed by atoms with Crippen molar-refractivity contribution in [1.29, 1.82) is 0 Å². The highest BCUT2D eigenvalue weighted by molar-refractivity contribution is 5.83. The van der Waals surface area contributed by atoms with Gasteiger partial charge in [-0.15, -0.1) is 0 Å². The summed E-state index contributed by atoms with van der Waals surface area (Å²) in [6, 6.07) is 40.1. The van der Waals surface area contributed by atoms with E-state index in [1.165, 1.54) is 22.3 Å². The van der Waals surface area contributed by atoms with Crippen molar-refractivity contribution >= 4 is 34.1 Å². The van der Waals surface area contributed by atoms with Gasteiger partial charge in [0.05, 0.1) is 11.4 Å². The van der Waals surface area contributed by atoms with Gasteiger partial charge < -0.3 is 9.80 Å². The Morgan fingerprint density at radius 1 is 0.306 bits per heavy atom. The third-order valence-electron chi connectivity index (χ3n) is 9.35. The Labute approximate surface area is 295 Å². The number of hydrogen-bond acceptors (Lipinski definition) is 2. The van der Waals surface area contributed by atoms with Crippen molar-refractivity contribution in [2.45, 2.75) is 105 Å². The molecule has 0 spiro atoms. The molecule has 5 aromatic rings. The second-order valence-corrected chi connectivity index (χ2v) is 17.5. The molecule has 0 saturated heterocycles. The first-order valence-electron chi connectivity index (χ1n) is 17.5. The van der Waals surface area contributed by atoms with E-state index in [0.29, 0.717) is 0 Å². The first-order valence-corrected chi connectivity index (χ1v) is 17.5. The molecule has 0 unspecified atom stereocenters. The van der Waals surface area contributed by atoms with E-state index in [1.807, 2.05) is 0 Å². The minimum Gasteiger partial charge on any atom is -0.310 e. The summed E-state index contributed by atoms with van der Waals surface area (Å²) in [5.74, 6) is -0.294. The molecule has 0 amide bonds.